The van der Waals surface area contributed by atoms with E-state index in [1.807, 2.05) is 57.7 Å². The zero-order valence-corrected chi connectivity index (χ0v) is 27.7. The molecule has 2 aliphatic heterocycles. The number of imidazole rings is 2. The maximum Gasteiger partial charge on any atom is 0.230 e. The molecule has 3 fully saturated rings. The van der Waals surface area contributed by atoms with E-state index in [2.05, 4.69) is 44.0 Å². The van der Waals surface area contributed by atoms with Gasteiger partial charge in [-0.25, -0.2) is 9.97 Å². The molecule has 2 saturated heterocycles. The first-order valence-corrected chi connectivity index (χ1v) is 16.8. The number of amides is 2. The molecule has 0 spiro atoms. The minimum Gasteiger partial charge on any atom is -0.310 e. The molecule has 5 heterocycles. The van der Waals surface area contributed by atoms with E-state index in [1.165, 1.54) is 0 Å². The molecule has 1 aliphatic carbocycles. The minimum absolute atomic E-state index is 0.0948. The Balaban J connectivity index is 0.000000159. The lowest BCUT2D eigenvalue weighted by atomic mass is 10.0. The molecule has 3 aliphatic rings. The van der Waals surface area contributed by atoms with Crippen LogP contribution in [0.2, 0.25) is 0 Å². The van der Waals surface area contributed by atoms with Crippen molar-refractivity contribution in [1.82, 2.24) is 33.9 Å². The SMILES string of the molecule is N#CN1CC[C@H](C(=O)Nc2cn(-c3ccnc4ccccc34)cn2)C1.N#Cc1ccc(-n2cnc(NC(=O)[C@H]3CCN(C#N)C3)c2)cc1C1CC1. The van der Waals surface area contributed by atoms with Crippen LogP contribution in [0.3, 0.4) is 0 Å². The molecule has 0 radical (unpaired) electrons. The Hall–Kier alpha value is -6.72. The Morgan fingerprint density at radius 3 is 1.98 bits per heavy atom. The number of anilines is 2. The second-order valence-corrected chi connectivity index (χ2v) is 12.9. The first kappa shape index (κ1) is 32.8. The monoisotopic (exact) mass is 678 g/mol. The average Bonchev–Trinajstić information content (AvgIpc) is 3.60. The maximum atomic E-state index is 12.3. The number of carbonyl (C=O) groups is 2. The highest BCUT2D eigenvalue weighted by Gasteiger charge is 2.30. The molecule has 0 bridgehead atoms. The van der Waals surface area contributed by atoms with Gasteiger partial charge in [0, 0.05) is 43.4 Å². The first-order valence-electron chi connectivity index (χ1n) is 16.8. The summed E-state index contributed by atoms with van der Waals surface area (Å²) in [6.45, 7) is 2.19. The second-order valence-electron chi connectivity index (χ2n) is 12.9. The highest BCUT2D eigenvalue weighted by atomic mass is 16.2. The highest BCUT2D eigenvalue weighted by molar-refractivity contribution is 5.93. The van der Waals surface area contributed by atoms with Crippen molar-refractivity contribution in [3.05, 3.63) is 90.9 Å². The van der Waals surface area contributed by atoms with E-state index in [1.54, 1.807) is 41.0 Å². The van der Waals surface area contributed by atoms with E-state index < -0.39 is 0 Å². The van der Waals surface area contributed by atoms with Crippen molar-refractivity contribution in [1.29, 1.82) is 15.8 Å². The van der Waals surface area contributed by atoms with Crippen LogP contribution in [0.25, 0.3) is 22.3 Å². The number of nitrogens with one attached hydrogen (secondary N) is 2. The number of fused-ring (bicyclic) bond motifs is 1. The first-order chi connectivity index (χ1) is 24.9. The average molecular weight is 679 g/mol. The van der Waals surface area contributed by atoms with E-state index in [-0.39, 0.29) is 23.7 Å². The molecule has 14 nitrogen and oxygen atoms in total. The molecule has 0 unspecified atom stereocenters. The summed E-state index contributed by atoms with van der Waals surface area (Å²) in [6.07, 6.45) is 16.4. The summed E-state index contributed by atoms with van der Waals surface area (Å²) in [5, 5.41) is 33.7. The van der Waals surface area contributed by atoms with Crippen molar-refractivity contribution in [3.8, 4) is 29.8 Å². The molecule has 2 N–H and O–H groups in total. The van der Waals surface area contributed by atoms with Crippen LogP contribution in [0, 0.1) is 46.1 Å². The number of nitrogens with zero attached hydrogens (tertiary/aromatic N) is 10. The van der Waals surface area contributed by atoms with Crippen molar-refractivity contribution in [2.24, 2.45) is 11.8 Å². The van der Waals surface area contributed by atoms with Crippen LogP contribution >= 0.6 is 0 Å². The molecule has 3 aromatic heterocycles. The molecule has 1 saturated carbocycles. The van der Waals surface area contributed by atoms with E-state index in [0.29, 0.717) is 56.6 Å². The van der Waals surface area contributed by atoms with E-state index in [9.17, 15) is 14.9 Å². The molecule has 51 heavy (non-hydrogen) atoms. The summed E-state index contributed by atoms with van der Waals surface area (Å²) in [5.74, 6) is 0.915. The van der Waals surface area contributed by atoms with Crippen LogP contribution in [0.4, 0.5) is 11.6 Å². The van der Waals surface area contributed by atoms with Crippen LogP contribution in [-0.2, 0) is 9.59 Å². The lowest BCUT2D eigenvalue weighted by Crippen LogP contribution is -2.25. The standard InChI is InChI=1S/C19H18N6O.C18H16N6O/c20-8-14-3-4-16(7-17(14)13-1-2-13)25-10-18(22-12-25)23-19(26)15-5-6-24(9-15)11-21;19-11-23-8-6-13(9-23)18(25)22-17-10-24(12-21-17)16-5-7-20-15-4-2-1-3-14(15)16/h3-4,7,10,12-13,15H,1-2,5-6,9H2,(H,23,26);1-5,7,10,12-13H,6,8-9H2,(H,22,25)/t15-;13-/m00/s1. The number of benzene rings is 2. The van der Waals surface area contributed by atoms with Gasteiger partial charge in [0.05, 0.1) is 47.1 Å². The summed E-state index contributed by atoms with van der Waals surface area (Å²) >= 11 is 0. The molecule has 2 atom stereocenters. The van der Waals surface area contributed by atoms with Gasteiger partial charge in [-0.15, -0.1) is 0 Å². The number of nitriles is 3. The molecule has 14 heteroatoms. The number of pyridine rings is 1. The van der Waals surface area contributed by atoms with E-state index in [0.717, 1.165) is 46.2 Å². The van der Waals surface area contributed by atoms with Gasteiger partial charge in [-0.05, 0) is 67.5 Å². The Kier molecular flexibility index (Phi) is 9.27. The van der Waals surface area contributed by atoms with Crippen molar-refractivity contribution in [2.45, 2.75) is 31.6 Å². The normalized spacial score (nSPS) is 17.9. The van der Waals surface area contributed by atoms with Gasteiger partial charge in [-0.1, -0.05) is 18.2 Å². The zero-order chi connectivity index (χ0) is 35.3. The van der Waals surface area contributed by atoms with Crippen LogP contribution in [0.5, 0.6) is 0 Å². The predicted octanol–water partition coefficient (Wildman–Crippen LogP) is 4.52. The topological polar surface area (TPSA) is 185 Å². The van der Waals surface area contributed by atoms with E-state index >= 15 is 0 Å². The smallest absolute Gasteiger partial charge is 0.230 e. The fraction of sp³-hybridized carbons (Fsp3) is 0.297. The number of hydrogen-bond acceptors (Lipinski definition) is 10. The van der Waals surface area contributed by atoms with Gasteiger partial charge >= 0.3 is 0 Å². The minimum atomic E-state index is -0.184. The van der Waals surface area contributed by atoms with Crippen LogP contribution in [-0.4, -0.2) is 71.9 Å². The fourth-order valence-corrected chi connectivity index (χ4v) is 6.49. The van der Waals surface area contributed by atoms with Crippen molar-refractivity contribution < 1.29 is 9.59 Å². The summed E-state index contributed by atoms with van der Waals surface area (Å²) in [4.78, 5) is 40.8. The van der Waals surface area contributed by atoms with Gasteiger partial charge in [0.1, 0.15) is 12.7 Å². The molecule has 2 amide bonds. The van der Waals surface area contributed by atoms with Gasteiger partial charge in [-0.2, -0.15) is 15.8 Å². The highest BCUT2D eigenvalue weighted by Crippen LogP contribution is 2.42. The van der Waals surface area contributed by atoms with Crippen molar-refractivity contribution in [3.63, 3.8) is 0 Å². The van der Waals surface area contributed by atoms with Crippen LogP contribution in [0.15, 0.2) is 79.8 Å². The molecule has 5 aromatic rings. The summed E-state index contributed by atoms with van der Waals surface area (Å²) in [5.41, 5.74) is 4.60. The van der Waals surface area contributed by atoms with Gasteiger partial charge < -0.3 is 29.6 Å². The summed E-state index contributed by atoms with van der Waals surface area (Å²) < 4.78 is 3.72. The third-order valence-electron chi connectivity index (χ3n) is 9.44. The Morgan fingerprint density at radius 2 is 1.37 bits per heavy atom. The van der Waals surface area contributed by atoms with Gasteiger partial charge in [0.25, 0.3) is 0 Å². The lowest BCUT2D eigenvalue weighted by molar-refractivity contribution is -0.120. The largest absolute Gasteiger partial charge is 0.310 e. The van der Waals surface area contributed by atoms with E-state index in [4.69, 9.17) is 10.5 Å². The van der Waals surface area contributed by atoms with Crippen LogP contribution < -0.4 is 10.6 Å². The summed E-state index contributed by atoms with van der Waals surface area (Å²) in [6, 6.07) is 17.8. The van der Waals surface area contributed by atoms with Gasteiger partial charge in [-0.3, -0.25) is 14.6 Å². The number of hydrogen-bond donors (Lipinski definition) is 2. The van der Waals surface area contributed by atoms with Crippen LogP contribution in [0.1, 0.15) is 42.7 Å². The molecule has 8 rings (SSSR count). The van der Waals surface area contributed by atoms with Gasteiger partial charge in [0.15, 0.2) is 24.0 Å². The second kappa shape index (κ2) is 14.4. The molecular weight excluding hydrogens is 644 g/mol. The third-order valence-corrected chi connectivity index (χ3v) is 9.44. The van der Waals surface area contributed by atoms with Crippen molar-refractivity contribution in [2.75, 3.05) is 36.8 Å². The number of para-hydroxylation sites is 1. The zero-order valence-electron chi connectivity index (χ0n) is 27.7. The molecular formula is C37H34N12O2. The number of likely N-dealkylation sites (tertiary alicyclic amines) is 2. The molecule has 2 aromatic carbocycles. The quantitative estimate of drug-likeness (QED) is 0.232. The summed E-state index contributed by atoms with van der Waals surface area (Å²) in [7, 11) is 0. The molecule has 254 valence electrons. The number of rotatable bonds is 7. The van der Waals surface area contributed by atoms with Gasteiger partial charge in [0.2, 0.25) is 11.8 Å². The Labute approximate surface area is 294 Å². The predicted molar refractivity (Wildman–Crippen MR) is 187 cm³/mol. The fourth-order valence-electron chi connectivity index (χ4n) is 6.49. The lowest BCUT2D eigenvalue weighted by Gasteiger charge is -2.09. The maximum absolute atomic E-state index is 12.3. The van der Waals surface area contributed by atoms with Crippen molar-refractivity contribution >= 4 is 34.4 Å². The third kappa shape index (κ3) is 7.33. The Morgan fingerprint density at radius 1 is 0.745 bits per heavy atom. The number of carbonyl (C=O) groups excluding carboxylic acids is 2. The number of aromatic nitrogens is 5. The Bertz CT molecular complexity index is 2210.